The molecule has 2 aromatic carbocycles. The number of hydrogen-bond donors (Lipinski definition) is 1. The Morgan fingerprint density at radius 1 is 1.29 bits per heavy atom. The van der Waals surface area contributed by atoms with Crippen LogP contribution in [0.4, 0.5) is 5.82 Å². The van der Waals surface area contributed by atoms with Gasteiger partial charge in [0.15, 0.2) is 5.82 Å². The van der Waals surface area contributed by atoms with Crippen LogP contribution in [0.25, 0.3) is 10.9 Å². The summed E-state index contributed by atoms with van der Waals surface area (Å²) in [5.41, 5.74) is 2.07. The molecule has 28 heavy (non-hydrogen) atoms. The number of nitrogens with zero attached hydrogens (tertiary/aromatic N) is 2. The summed E-state index contributed by atoms with van der Waals surface area (Å²) in [7, 11) is 0. The number of rotatable bonds is 6. The fourth-order valence-corrected chi connectivity index (χ4v) is 3.43. The summed E-state index contributed by atoms with van der Waals surface area (Å²) in [6, 6.07) is 16.0. The topological polar surface area (TPSA) is 65.4 Å². The molecule has 1 saturated heterocycles. The van der Waals surface area contributed by atoms with Gasteiger partial charge in [0.25, 0.3) is 0 Å². The van der Waals surface area contributed by atoms with E-state index in [2.05, 4.69) is 17.4 Å². The largest absolute Gasteiger partial charge is 0.491 e. The van der Waals surface area contributed by atoms with E-state index >= 15 is 0 Å². The molecule has 1 aliphatic rings. The highest BCUT2D eigenvalue weighted by Gasteiger charge is 2.25. The SMILES string of the molecule is CC(C)Oc1ccc2c(NC(=O)C3CCOC3)nn(Cc3ccccc3)c2c1. The van der Waals surface area contributed by atoms with Crippen molar-refractivity contribution in [3.05, 3.63) is 54.1 Å². The van der Waals surface area contributed by atoms with E-state index in [9.17, 15) is 4.79 Å². The predicted molar refractivity (Wildman–Crippen MR) is 109 cm³/mol. The normalized spacial score (nSPS) is 16.6. The zero-order valence-electron chi connectivity index (χ0n) is 16.2. The first-order chi connectivity index (χ1) is 13.6. The average molecular weight is 379 g/mol. The van der Waals surface area contributed by atoms with Crippen molar-refractivity contribution in [3.63, 3.8) is 0 Å². The maximum absolute atomic E-state index is 12.6. The third-order valence-corrected chi connectivity index (χ3v) is 4.81. The standard InChI is InChI=1S/C22H25N3O3/c1-15(2)28-18-8-9-19-20(12-18)25(13-16-6-4-3-5-7-16)24-21(19)23-22(26)17-10-11-27-14-17/h3-9,12,15,17H,10-11,13-14H2,1-2H3,(H,23,24,26). The van der Waals surface area contributed by atoms with Crippen LogP contribution in [0.5, 0.6) is 5.75 Å². The zero-order valence-corrected chi connectivity index (χ0v) is 16.2. The number of ether oxygens (including phenoxy) is 2. The van der Waals surface area contributed by atoms with Gasteiger partial charge >= 0.3 is 0 Å². The Labute approximate surface area is 164 Å². The summed E-state index contributed by atoms with van der Waals surface area (Å²) in [4.78, 5) is 12.6. The number of anilines is 1. The minimum atomic E-state index is -0.113. The maximum Gasteiger partial charge on any atom is 0.231 e. The Morgan fingerprint density at radius 3 is 2.82 bits per heavy atom. The van der Waals surface area contributed by atoms with Crippen molar-refractivity contribution in [1.29, 1.82) is 0 Å². The summed E-state index contributed by atoms with van der Waals surface area (Å²) >= 11 is 0. The van der Waals surface area contributed by atoms with E-state index in [0.29, 0.717) is 25.6 Å². The Morgan fingerprint density at radius 2 is 2.11 bits per heavy atom. The zero-order chi connectivity index (χ0) is 19.5. The van der Waals surface area contributed by atoms with Gasteiger partial charge in [-0.25, -0.2) is 0 Å². The van der Waals surface area contributed by atoms with Gasteiger partial charge in [0.2, 0.25) is 5.91 Å². The number of carbonyl (C=O) groups excluding carboxylic acids is 1. The van der Waals surface area contributed by atoms with Crippen molar-refractivity contribution in [2.45, 2.75) is 32.9 Å². The molecule has 6 heteroatoms. The summed E-state index contributed by atoms with van der Waals surface area (Å²) in [6.45, 7) is 5.73. The van der Waals surface area contributed by atoms with Gasteiger partial charge in [-0.05, 0) is 38.0 Å². The van der Waals surface area contributed by atoms with Crippen molar-refractivity contribution >= 4 is 22.6 Å². The third-order valence-electron chi connectivity index (χ3n) is 4.81. The van der Waals surface area contributed by atoms with Crippen molar-refractivity contribution in [3.8, 4) is 5.75 Å². The van der Waals surface area contributed by atoms with E-state index in [0.717, 1.165) is 28.6 Å². The molecule has 1 amide bonds. The lowest BCUT2D eigenvalue weighted by molar-refractivity contribution is -0.119. The lowest BCUT2D eigenvalue weighted by Crippen LogP contribution is -2.23. The van der Waals surface area contributed by atoms with Gasteiger partial charge in [0.1, 0.15) is 5.75 Å². The van der Waals surface area contributed by atoms with Crippen LogP contribution in [-0.2, 0) is 16.1 Å². The second kappa shape index (κ2) is 8.02. The first-order valence-corrected chi connectivity index (χ1v) is 9.70. The Balaban J connectivity index is 1.69. The molecule has 3 aromatic rings. The lowest BCUT2D eigenvalue weighted by Gasteiger charge is -2.10. The van der Waals surface area contributed by atoms with E-state index in [1.165, 1.54) is 0 Å². The smallest absolute Gasteiger partial charge is 0.231 e. The molecule has 2 heterocycles. The van der Waals surface area contributed by atoms with Gasteiger partial charge in [0, 0.05) is 18.1 Å². The van der Waals surface area contributed by atoms with Gasteiger partial charge in [-0.1, -0.05) is 30.3 Å². The predicted octanol–water partition coefficient (Wildman–Crippen LogP) is 3.85. The van der Waals surface area contributed by atoms with E-state index in [1.54, 1.807) is 0 Å². The van der Waals surface area contributed by atoms with Crippen LogP contribution in [0.3, 0.4) is 0 Å². The van der Waals surface area contributed by atoms with E-state index < -0.39 is 0 Å². The maximum atomic E-state index is 12.6. The fourth-order valence-electron chi connectivity index (χ4n) is 3.43. The van der Waals surface area contributed by atoms with E-state index in [4.69, 9.17) is 14.6 Å². The number of aromatic nitrogens is 2. The molecule has 0 radical (unpaired) electrons. The molecule has 1 atom stereocenters. The third kappa shape index (κ3) is 4.02. The second-order valence-electron chi connectivity index (χ2n) is 7.39. The molecule has 4 rings (SSSR count). The van der Waals surface area contributed by atoms with Crippen molar-refractivity contribution in [2.24, 2.45) is 5.92 Å². The quantitative estimate of drug-likeness (QED) is 0.707. The van der Waals surface area contributed by atoms with Crippen LogP contribution < -0.4 is 10.1 Å². The molecule has 1 aromatic heterocycles. The highest BCUT2D eigenvalue weighted by atomic mass is 16.5. The molecule has 0 spiro atoms. The Kier molecular flexibility index (Phi) is 5.30. The van der Waals surface area contributed by atoms with Crippen LogP contribution in [0.15, 0.2) is 48.5 Å². The molecule has 1 unspecified atom stereocenters. The summed E-state index contributed by atoms with van der Waals surface area (Å²) in [5.74, 6) is 1.22. The van der Waals surface area contributed by atoms with Crippen molar-refractivity contribution < 1.29 is 14.3 Å². The van der Waals surface area contributed by atoms with Gasteiger partial charge in [-0.2, -0.15) is 5.10 Å². The van der Waals surface area contributed by atoms with Crippen LogP contribution in [0, 0.1) is 5.92 Å². The lowest BCUT2D eigenvalue weighted by atomic mass is 10.1. The highest BCUT2D eigenvalue weighted by molar-refractivity contribution is 6.01. The molecule has 1 aliphatic heterocycles. The molecule has 0 aliphatic carbocycles. The van der Waals surface area contributed by atoms with Crippen LogP contribution >= 0.6 is 0 Å². The summed E-state index contributed by atoms with van der Waals surface area (Å²) < 4.78 is 13.1. The van der Waals surface area contributed by atoms with Crippen LogP contribution in [0.1, 0.15) is 25.8 Å². The van der Waals surface area contributed by atoms with Gasteiger partial charge < -0.3 is 14.8 Å². The number of amides is 1. The van der Waals surface area contributed by atoms with E-state index in [1.807, 2.05) is 54.9 Å². The molecule has 1 fully saturated rings. The van der Waals surface area contributed by atoms with Gasteiger partial charge in [0.05, 0.1) is 30.7 Å². The highest BCUT2D eigenvalue weighted by Crippen LogP contribution is 2.29. The van der Waals surface area contributed by atoms with E-state index in [-0.39, 0.29) is 17.9 Å². The fraction of sp³-hybridized carbons (Fsp3) is 0.364. The summed E-state index contributed by atoms with van der Waals surface area (Å²) in [6.07, 6.45) is 0.838. The molecule has 1 N–H and O–H groups in total. The average Bonchev–Trinajstić information content (AvgIpc) is 3.31. The Hall–Kier alpha value is -2.86. The monoisotopic (exact) mass is 379 g/mol. The molecule has 0 bridgehead atoms. The molecule has 0 saturated carbocycles. The molecular formula is C22H25N3O3. The number of hydrogen-bond acceptors (Lipinski definition) is 4. The van der Waals surface area contributed by atoms with Crippen molar-refractivity contribution in [1.82, 2.24) is 9.78 Å². The van der Waals surface area contributed by atoms with Crippen molar-refractivity contribution in [2.75, 3.05) is 18.5 Å². The minimum Gasteiger partial charge on any atom is -0.491 e. The first-order valence-electron chi connectivity index (χ1n) is 9.70. The first kappa shape index (κ1) is 18.5. The Bertz CT molecular complexity index is 960. The number of carbonyl (C=O) groups is 1. The van der Waals surface area contributed by atoms with Crippen LogP contribution in [-0.4, -0.2) is 35.0 Å². The van der Waals surface area contributed by atoms with Crippen LogP contribution in [0.2, 0.25) is 0 Å². The summed E-state index contributed by atoms with van der Waals surface area (Å²) in [5, 5.41) is 8.61. The van der Waals surface area contributed by atoms with Gasteiger partial charge in [-0.3, -0.25) is 9.48 Å². The number of benzene rings is 2. The number of fused-ring (bicyclic) bond motifs is 1. The molecular weight excluding hydrogens is 354 g/mol. The number of nitrogens with one attached hydrogen (secondary N) is 1. The molecule has 146 valence electrons. The van der Waals surface area contributed by atoms with Gasteiger partial charge in [-0.15, -0.1) is 0 Å². The molecule has 6 nitrogen and oxygen atoms in total. The minimum absolute atomic E-state index is 0.0359. The second-order valence-corrected chi connectivity index (χ2v) is 7.39.